The monoisotopic (exact) mass is 410 g/mol. The van der Waals surface area contributed by atoms with Crippen LogP contribution in [0.3, 0.4) is 0 Å². The Morgan fingerprint density at radius 3 is 2.79 bits per heavy atom. The van der Waals surface area contributed by atoms with Gasteiger partial charge in [0.15, 0.2) is 16.7 Å². The molecule has 0 saturated carbocycles. The molecule has 1 atom stereocenters. The maximum atomic E-state index is 13.3. The summed E-state index contributed by atoms with van der Waals surface area (Å²) in [4.78, 5) is 19.6. The Hall–Kier alpha value is -3.19. The van der Waals surface area contributed by atoms with Gasteiger partial charge < -0.3 is 23.5 Å². The van der Waals surface area contributed by atoms with Gasteiger partial charge in [-0.25, -0.2) is 0 Å². The number of benzene rings is 1. The quantitative estimate of drug-likeness (QED) is 0.641. The molecule has 8 heteroatoms. The minimum absolute atomic E-state index is 0.0351. The molecule has 3 aliphatic heterocycles. The van der Waals surface area contributed by atoms with E-state index in [1.54, 1.807) is 23.2 Å². The van der Waals surface area contributed by atoms with Crippen LogP contribution in [0.4, 0.5) is 5.69 Å². The minimum Gasteiger partial charge on any atom is -0.492 e. The summed E-state index contributed by atoms with van der Waals surface area (Å²) in [5.74, 6) is 2.59. The molecule has 1 amide bonds. The highest BCUT2D eigenvalue weighted by Gasteiger charge is 2.51. The van der Waals surface area contributed by atoms with E-state index < -0.39 is 5.41 Å². The lowest BCUT2D eigenvalue weighted by Gasteiger charge is -2.38. The van der Waals surface area contributed by atoms with E-state index in [0.29, 0.717) is 34.8 Å². The van der Waals surface area contributed by atoms with Gasteiger partial charge in [0.05, 0.1) is 23.3 Å². The zero-order chi connectivity index (χ0) is 19.6. The van der Waals surface area contributed by atoms with Crippen molar-refractivity contribution in [3.8, 4) is 17.2 Å². The molecular formula is C21H15ClN2O5. The molecule has 0 fully saturated rings. The Morgan fingerprint density at radius 1 is 1.10 bits per heavy atom. The van der Waals surface area contributed by atoms with Crippen LogP contribution in [0.5, 0.6) is 17.2 Å². The number of hydrogen-bond donors (Lipinski definition) is 0. The van der Waals surface area contributed by atoms with Gasteiger partial charge in [-0.3, -0.25) is 9.78 Å². The molecule has 5 heterocycles. The van der Waals surface area contributed by atoms with Crippen molar-refractivity contribution in [1.82, 2.24) is 4.98 Å². The molecule has 0 N–H and O–H groups in total. The Labute approximate surface area is 170 Å². The van der Waals surface area contributed by atoms with Crippen LogP contribution < -0.4 is 19.1 Å². The number of anilines is 1. The number of carbonyl (C=O) groups is 1. The van der Waals surface area contributed by atoms with Gasteiger partial charge in [0.25, 0.3) is 0 Å². The summed E-state index contributed by atoms with van der Waals surface area (Å²) >= 11 is 5.89. The van der Waals surface area contributed by atoms with E-state index in [1.165, 1.54) is 0 Å². The van der Waals surface area contributed by atoms with Crippen molar-refractivity contribution in [3.05, 3.63) is 64.8 Å². The SMILES string of the molecule is O=C1CC2(COc3cc4c(cc32)OCO4)c2ncccc2N1Cc1ccc(Cl)o1. The fourth-order valence-electron chi connectivity index (χ4n) is 4.36. The highest BCUT2D eigenvalue weighted by atomic mass is 35.5. The largest absolute Gasteiger partial charge is 0.492 e. The molecule has 146 valence electrons. The maximum absolute atomic E-state index is 13.3. The summed E-state index contributed by atoms with van der Waals surface area (Å²) in [6, 6.07) is 10.9. The molecule has 0 radical (unpaired) electrons. The number of aromatic nitrogens is 1. The Bertz CT molecular complexity index is 1160. The normalized spacial score (nSPS) is 21.3. The second-order valence-electron chi connectivity index (χ2n) is 7.31. The molecule has 2 aromatic heterocycles. The fourth-order valence-corrected chi connectivity index (χ4v) is 4.52. The van der Waals surface area contributed by atoms with Crippen LogP contribution >= 0.6 is 11.6 Å². The van der Waals surface area contributed by atoms with Crippen molar-refractivity contribution < 1.29 is 23.4 Å². The van der Waals surface area contributed by atoms with Crippen molar-refractivity contribution in [2.45, 2.75) is 18.4 Å². The zero-order valence-corrected chi connectivity index (χ0v) is 15.9. The van der Waals surface area contributed by atoms with Crippen LogP contribution in [0.2, 0.25) is 5.22 Å². The van der Waals surface area contributed by atoms with Gasteiger partial charge >= 0.3 is 0 Å². The number of halogens is 1. The number of rotatable bonds is 2. The first-order valence-corrected chi connectivity index (χ1v) is 9.59. The second kappa shape index (κ2) is 5.90. The van der Waals surface area contributed by atoms with Gasteiger partial charge in [0.1, 0.15) is 18.1 Å². The van der Waals surface area contributed by atoms with Gasteiger partial charge in [-0.2, -0.15) is 0 Å². The second-order valence-corrected chi connectivity index (χ2v) is 7.68. The number of amides is 1. The highest BCUT2D eigenvalue weighted by Crippen LogP contribution is 2.54. The fraction of sp³-hybridized carbons (Fsp3) is 0.238. The number of nitrogens with zero attached hydrogens (tertiary/aromatic N) is 2. The molecule has 3 aromatic rings. The van der Waals surface area contributed by atoms with E-state index in [1.807, 2.05) is 24.3 Å². The number of ether oxygens (including phenoxy) is 3. The molecule has 7 nitrogen and oxygen atoms in total. The molecule has 1 aromatic carbocycles. The standard InChI is InChI=1S/C21H15ClN2O5/c22-18-4-3-12(29-18)9-24-14-2-1-5-23-20(14)21(8-19(24)25)10-26-15-7-17-16(6-13(15)21)27-11-28-17/h1-7H,8-11H2. The van der Waals surface area contributed by atoms with Gasteiger partial charge in [0.2, 0.25) is 12.7 Å². The molecule has 3 aliphatic rings. The summed E-state index contributed by atoms with van der Waals surface area (Å²) in [6.07, 6.45) is 1.97. The lowest BCUT2D eigenvalue weighted by Crippen LogP contribution is -2.46. The van der Waals surface area contributed by atoms with Crippen LogP contribution in [0, 0.1) is 0 Å². The molecule has 1 unspecified atom stereocenters. The Kier molecular flexibility index (Phi) is 3.41. The zero-order valence-electron chi connectivity index (χ0n) is 15.2. The van der Waals surface area contributed by atoms with Crippen LogP contribution in [0.15, 0.2) is 47.0 Å². The number of furan rings is 1. The first-order valence-electron chi connectivity index (χ1n) is 9.21. The van der Waals surface area contributed by atoms with E-state index in [2.05, 4.69) is 4.98 Å². The van der Waals surface area contributed by atoms with E-state index in [4.69, 9.17) is 30.2 Å². The van der Waals surface area contributed by atoms with E-state index in [-0.39, 0.29) is 25.7 Å². The average molecular weight is 411 g/mol. The topological polar surface area (TPSA) is 74.0 Å². The predicted octanol–water partition coefficient (Wildman–Crippen LogP) is 3.67. The number of hydrogen-bond acceptors (Lipinski definition) is 6. The molecule has 6 rings (SSSR count). The summed E-state index contributed by atoms with van der Waals surface area (Å²) in [5.41, 5.74) is 1.78. The first kappa shape index (κ1) is 16.7. The van der Waals surface area contributed by atoms with Crippen molar-refractivity contribution in [1.29, 1.82) is 0 Å². The van der Waals surface area contributed by atoms with Crippen molar-refractivity contribution in [2.75, 3.05) is 18.3 Å². The number of pyridine rings is 1. The van der Waals surface area contributed by atoms with Crippen molar-refractivity contribution in [2.24, 2.45) is 0 Å². The number of carbonyl (C=O) groups excluding carboxylic acids is 1. The third kappa shape index (κ3) is 2.37. The molecule has 1 spiro atoms. The van der Waals surface area contributed by atoms with Crippen molar-refractivity contribution >= 4 is 23.2 Å². The van der Waals surface area contributed by atoms with E-state index in [0.717, 1.165) is 16.9 Å². The highest BCUT2D eigenvalue weighted by molar-refractivity contribution is 6.28. The smallest absolute Gasteiger partial charge is 0.231 e. The maximum Gasteiger partial charge on any atom is 0.231 e. The third-order valence-corrected chi connectivity index (χ3v) is 5.89. The summed E-state index contributed by atoms with van der Waals surface area (Å²) < 4.78 is 22.5. The summed E-state index contributed by atoms with van der Waals surface area (Å²) in [7, 11) is 0. The van der Waals surface area contributed by atoms with Crippen LogP contribution in [-0.4, -0.2) is 24.3 Å². The average Bonchev–Trinajstić information content (AvgIpc) is 3.43. The Balaban J connectivity index is 1.48. The molecule has 0 saturated heterocycles. The van der Waals surface area contributed by atoms with Crippen LogP contribution in [0.25, 0.3) is 0 Å². The first-order chi connectivity index (χ1) is 14.1. The molecular weight excluding hydrogens is 396 g/mol. The molecule has 0 aliphatic carbocycles. The van der Waals surface area contributed by atoms with Gasteiger partial charge in [-0.1, -0.05) is 0 Å². The van der Waals surface area contributed by atoms with Crippen LogP contribution in [-0.2, 0) is 16.8 Å². The molecule has 29 heavy (non-hydrogen) atoms. The summed E-state index contributed by atoms with van der Waals surface area (Å²) in [5, 5.41) is 0.293. The lowest BCUT2D eigenvalue weighted by molar-refractivity contribution is -0.120. The van der Waals surface area contributed by atoms with E-state index in [9.17, 15) is 4.79 Å². The van der Waals surface area contributed by atoms with E-state index >= 15 is 0 Å². The summed E-state index contributed by atoms with van der Waals surface area (Å²) in [6.45, 7) is 0.801. The molecule has 0 bridgehead atoms. The third-order valence-electron chi connectivity index (χ3n) is 5.69. The minimum atomic E-state index is -0.665. The van der Waals surface area contributed by atoms with Crippen LogP contribution in [0.1, 0.15) is 23.4 Å². The lowest BCUT2D eigenvalue weighted by atomic mass is 9.73. The van der Waals surface area contributed by atoms with Gasteiger partial charge in [-0.05, 0) is 41.9 Å². The van der Waals surface area contributed by atoms with Crippen molar-refractivity contribution in [3.63, 3.8) is 0 Å². The van der Waals surface area contributed by atoms with Gasteiger partial charge in [0, 0.05) is 24.2 Å². The Morgan fingerprint density at radius 2 is 1.97 bits per heavy atom. The predicted molar refractivity (Wildman–Crippen MR) is 103 cm³/mol. The number of fused-ring (bicyclic) bond motifs is 5. The van der Waals surface area contributed by atoms with Gasteiger partial charge in [-0.15, -0.1) is 0 Å².